The number of benzene rings is 8. The van der Waals surface area contributed by atoms with E-state index < -0.39 is 16.6 Å². The summed E-state index contributed by atoms with van der Waals surface area (Å²) in [6, 6.07) is 72.0. The maximum absolute atomic E-state index is 15.0. The van der Waals surface area contributed by atoms with Crippen LogP contribution in [-0.4, -0.2) is 28.2 Å². The summed E-state index contributed by atoms with van der Waals surface area (Å²) in [5, 5.41) is 6.03. The zero-order chi connectivity index (χ0) is 38.0. The Morgan fingerprint density at radius 2 is 0.482 bits per heavy atom. The van der Waals surface area contributed by atoms with Gasteiger partial charge in [-0.25, -0.2) is 0 Å². The zero-order valence-corrected chi connectivity index (χ0v) is 32.4. The van der Waals surface area contributed by atoms with Gasteiger partial charge in [-0.2, -0.15) is 0 Å². The van der Waals surface area contributed by atoms with E-state index in [0.717, 1.165) is 31.1 Å². The smallest absolute Gasteiger partial charge is 0.346 e. The second-order valence-corrected chi connectivity index (χ2v) is 20.4. The predicted molar refractivity (Wildman–Crippen MR) is 229 cm³/mol. The molecule has 4 nitrogen and oxygen atoms in total. The first kappa shape index (κ1) is 34.9. The Labute approximate surface area is 328 Å². The first-order chi connectivity index (χ1) is 27.6. The largest absolute Gasteiger partial charge is 0.530 e. The van der Waals surface area contributed by atoms with Crippen LogP contribution in [0.1, 0.15) is 31.8 Å². The zero-order valence-electron chi connectivity index (χ0n) is 30.4. The molecule has 0 fully saturated rings. The number of ketones is 2. The van der Waals surface area contributed by atoms with Crippen LogP contribution in [0.5, 0.6) is 11.5 Å². The Hall–Kier alpha value is -6.87. The highest BCUT2D eigenvalue weighted by Gasteiger charge is 2.48. The van der Waals surface area contributed by atoms with Crippen molar-refractivity contribution < 1.29 is 18.4 Å². The summed E-state index contributed by atoms with van der Waals surface area (Å²) in [4.78, 5) is 30.1. The molecule has 9 rings (SSSR count). The van der Waals surface area contributed by atoms with Crippen molar-refractivity contribution in [1.29, 1.82) is 0 Å². The first-order valence-electron chi connectivity index (χ1n) is 18.7. The van der Waals surface area contributed by atoms with E-state index >= 15 is 9.59 Å². The SMILES string of the molecule is O=C1c2ccccc2C(=O)c2c(O[Si](c3ccccc3)(c3ccccc3)c3ccccc3)ccc(O[Si](c3ccccc3)(c3ccccc3)c3ccccc3)c21. The summed E-state index contributed by atoms with van der Waals surface area (Å²) >= 11 is 0. The van der Waals surface area contributed by atoms with Gasteiger partial charge in [-0.05, 0) is 43.3 Å². The number of fused-ring (bicyclic) bond motifs is 2. The average Bonchev–Trinajstić information content (AvgIpc) is 3.28. The molecule has 0 radical (unpaired) electrons. The third-order valence-corrected chi connectivity index (χ3v) is 18.5. The van der Waals surface area contributed by atoms with Gasteiger partial charge in [0.05, 0.1) is 11.1 Å². The van der Waals surface area contributed by atoms with Crippen molar-refractivity contribution in [2.75, 3.05) is 0 Å². The van der Waals surface area contributed by atoms with Gasteiger partial charge in [0.1, 0.15) is 11.5 Å². The molecule has 268 valence electrons. The number of hydrogen-bond donors (Lipinski definition) is 0. The fourth-order valence-corrected chi connectivity index (χ4v) is 15.7. The lowest BCUT2D eigenvalue weighted by Gasteiger charge is -2.37. The van der Waals surface area contributed by atoms with Crippen LogP contribution in [0.2, 0.25) is 0 Å². The maximum Gasteiger partial charge on any atom is 0.346 e. The summed E-state index contributed by atoms with van der Waals surface area (Å²) in [7, 11) is -6.77. The molecule has 0 aliphatic heterocycles. The van der Waals surface area contributed by atoms with Crippen molar-refractivity contribution in [1.82, 2.24) is 0 Å². The fraction of sp³-hybridized carbons (Fsp3) is 0. The molecule has 6 heteroatoms. The summed E-state index contributed by atoms with van der Waals surface area (Å²) in [6.07, 6.45) is 0. The quantitative estimate of drug-likeness (QED) is 0.117. The molecule has 1 aliphatic carbocycles. The van der Waals surface area contributed by atoms with Crippen molar-refractivity contribution in [2.24, 2.45) is 0 Å². The number of rotatable bonds is 10. The van der Waals surface area contributed by atoms with Gasteiger partial charge >= 0.3 is 16.6 Å². The highest BCUT2D eigenvalue weighted by Crippen LogP contribution is 2.40. The Morgan fingerprint density at radius 1 is 0.268 bits per heavy atom. The highest BCUT2D eigenvalue weighted by molar-refractivity contribution is 7.08. The van der Waals surface area contributed by atoms with Crippen LogP contribution < -0.4 is 40.0 Å². The average molecular weight is 757 g/mol. The van der Waals surface area contributed by atoms with Crippen LogP contribution >= 0.6 is 0 Å². The van der Waals surface area contributed by atoms with Crippen LogP contribution in [0, 0.1) is 0 Å². The molecule has 0 amide bonds. The van der Waals surface area contributed by atoms with Crippen molar-refractivity contribution in [3.8, 4) is 11.5 Å². The lowest BCUT2D eigenvalue weighted by atomic mass is 9.83. The van der Waals surface area contributed by atoms with Gasteiger partial charge in [0.15, 0.2) is 11.6 Å². The standard InChI is InChI=1S/C50H36O4Si2/c51-49-43-33-19-20-34-44(43)50(52)48-46(54-56(40-27-13-4-14-28-40,41-29-15-5-16-30-41)42-31-17-6-18-32-42)36-35-45(47(48)49)53-55(37-21-7-1-8-22-37,38-23-9-2-10-24-38)39-25-11-3-12-26-39/h1-36H. The van der Waals surface area contributed by atoms with E-state index in [1.165, 1.54) is 0 Å². The third kappa shape index (κ3) is 5.83. The van der Waals surface area contributed by atoms with Crippen molar-refractivity contribution in [3.63, 3.8) is 0 Å². The molecule has 0 bridgehead atoms. The number of carbonyl (C=O) groups excluding carboxylic acids is 2. The van der Waals surface area contributed by atoms with Gasteiger partial charge in [0, 0.05) is 11.1 Å². The Bertz CT molecular complexity index is 2270. The fourth-order valence-electron chi connectivity index (χ4n) is 8.05. The summed E-state index contributed by atoms with van der Waals surface area (Å²) in [5.41, 5.74) is 1.11. The molecule has 56 heavy (non-hydrogen) atoms. The summed E-state index contributed by atoms with van der Waals surface area (Å²) in [5.74, 6) is 0.128. The van der Waals surface area contributed by atoms with Crippen LogP contribution in [0.4, 0.5) is 0 Å². The summed E-state index contributed by atoms with van der Waals surface area (Å²) in [6.45, 7) is 0. The molecule has 8 aromatic rings. The molecule has 0 heterocycles. The van der Waals surface area contributed by atoms with Gasteiger partial charge < -0.3 is 8.85 Å². The molecule has 8 aromatic carbocycles. The Kier molecular flexibility index (Phi) is 9.19. The molecular weight excluding hydrogens is 721 g/mol. The highest BCUT2D eigenvalue weighted by atomic mass is 28.4. The van der Waals surface area contributed by atoms with E-state index in [4.69, 9.17) is 8.85 Å². The van der Waals surface area contributed by atoms with E-state index in [9.17, 15) is 0 Å². The van der Waals surface area contributed by atoms with Crippen LogP contribution in [0.15, 0.2) is 218 Å². The minimum Gasteiger partial charge on any atom is -0.530 e. The molecule has 0 N–H and O–H groups in total. The van der Waals surface area contributed by atoms with Crippen LogP contribution in [-0.2, 0) is 0 Å². The second kappa shape index (κ2) is 14.8. The lowest BCUT2D eigenvalue weighted by Crippen LogP contribution is -2.72. The van der Waals surface area contributed by atoms with E-state index in [0.29, 0.717) is 22.6 Å². The Morgan fingerprint density at radius 3 is 0.714 bits per heavy atom. The number of carbonyl (C=O) groups is 2. The van der Waals surface area contributed by atoms with E-state index in [-0.39, 0.29) is 22.7 Å². The van der Waals surface area contributed by atoms with Gasteiger partial charge in [-0.3, -0.25) is 9.59 Å². The van der Waals surface area contributed by atoms with Gasteiger partial charge in [-0.1, -0.05) is 206 Å². The molecule has 0 saturated heterocycles. The van der Waals surface area contributed by atoms with Crippen molar-refractivity contribution in [2.45, 2.75) is 0 Å². The monoisotopic (exact) mass is 756 g/mol. The predicted octanol–water partition coefficient (Wildman–Crippen LogP) is 6.55. The molecule has 0 spiro atoms. The van der Waals surface area contributed by atoms with E-state index in [2.05, 4.69) is 72.8 Å². The Balaban J connectivity index is 1.33. The van der Waals surface area contributed by atoms with Crippen LogP contribution in [0.25, 0.3) is 0 Å². The molecule has 0 aromatic heterocycles. The third-order valence-electron chi connectivity index (χ3n) is 10.6. The minimum absolute atomic E-state index is 0.211. The molecule has 0 atom stereocenters. The lowest BCUT2D eigenvalue weighted by molar-refractivity contribution is 0.0976. The van der Waals surface area contributed by atoms with Crippen LogP contribution in [0.3, 0.4) is 0 Å². The van der Waals surface area contributed by atoms with E-state index in [1.54, 1.807) is 24.3 Å². The topological polar surface area (TPSA) is 52.6 Å². The molecular formula is C50H36O4Si2. The molecule has 0 unspecified atom stereocenters. The van der Waals surface area contributed by atoms with Gasteiger partial charge in [0.25, 0.3) is 0 Å². The minimum atomic E-state index is -3.38. The molecule has 0 saturated carbocycles. The molecule has 1 aliphatic rings. The second-order valence-electron chi connectivity index (χ2n) is 13.8. The first-order valence-corrected chi connectivity index (χ1v) is 22.5. The van der Waals surface area contributed by atoms with Crippen molar-refractivity contribution >= 4 is 59.3 Å². The van der Waals surface area contributed by atoms with Gasteiger partial charge in [0.2, 0.25) is 0 Å². The van der Waals surface area contributed by atoms with E-state index in [1.807, 2.05) is 121 Å². The normalized spacial score (nSPS) is 12.4. The van der Waals surface area contributed by atoms with Crippen molar-refractivity contribution in [3.05, 3.63) is 241 Å². The number of hydrogen-bond acceptors (Lipinski definition) is 4. The maximum atomic E-state index is 15.0. The van der Waals surface area contributed by atoms with Gasteiger partial charge in [-0.15, -0.1) is 0 Å². The summed E-state index contributed by atoms with van der Waals surface area (Å²) < 4.78 is 15.1.